The molecular formula is C39H39N3. The van der Waals surface area contributed by atoms with E-state index in [1.54, 1.807) is 0 Å². The zero-order valence-electron chi connectivity index (χ0n) is 24.3. The van der Waals surface area contributed by atoms with Gasteiger partial charge in [0.25, 0.3) is 0 Å². The Morgan fingerprint density at radius 1 is 0.381 bits per heavy atom. The van der Waals surface area contributed by atoms with Crippen LogP contribution in [0, 0.1) is 0 Å². The molecule has 42 heavy (non-hydrogen) atoms. The molecular weight excluding hydrogens is 510 g/mol. The van der Waals surface area contributed by atoms with Crippen molar-refractivity contribution in [1.29, 1.82) is 0 Å². The summed E-state index contributed by atoms with van der Waals surface area (Å²) in [5.74, 6) is 2.04. The molecule has 3 heteroatoms. The van der Waals surface area contributed by atoms with Crippen LogP contribution in [0.5, 0.6) is 0 Å². The molecule has 4 aromatic carbocycles. The second kappa shape index (κ2) is 9.13. The highest BCUT2D eigenvalue weighted by atomic mass is 15.2. The minimum atomic E-state index is 0.581. The molecule has 3 nitrogen and oxygen atoms in total. The van der Waals surface area contributed by atoms with E-state index in [9.17, 15) is 0 Å². The van der Waals surface area contributed by atoms with Crippen LogP contribution >= 0.6 is 0 Å². The molecule has 6 atom stereocenters. The molecule has 0 fully saturated rings. The molecule has 4 aromatic rings. The average molecular weight is 550 g/mol. The van der Waals surface area contributed by atoms with Crippen LogP contribution in [0.4, 0.5) is 0 Å². The summed E-state index contributed by atoms with van der Waals surface area (Å²) in [6.45, 7) is 6.92. The molecule has 6 aliphatic rings. The fraction of sp³-hybridized carbons (Fsp3) is 0.385. The zero-order valence-corrected chi connectivity index (χ0v) is 24.3. The molecule has 0 saturated carbocycles. The van der Waals surface area contributed by atoms with Gasteiger partial charge in [0.15, 0.2) is 0 Å². The number of hydrogen-bond acceptors (Lipinski definition) is 3. The van der Waals surface area contributed by atoms with Crippen molar-refractivity contribution in [2.24, 2.45) is 0 Å². The molecule has 3 aliphatic heterocycles. The summed E-state index contributed by atoms with van der Waals surface area (Å²) in [4.78, 5) is 8.70. The van der Waals surface area contributed by atoms with Crippen LogP contribution in [-0.2, 0) is 19.6 Å². The molecule has 210 valence electrons. The van der Waals surface area contributed by atoms with Crippen molar-refractivity contribution in [3.8, 4) is 0 Å². The van der Waals surface area contributed by atoms with Gasteiger partial charge in [0, 0.05) is 57.4 Å². The van der Waals surface area contributed by atoms with E-state index in [2.05, 4.69) is 106 Å². The Hall–Kier alpha value is -3.24. The van der Waals surface area contributed by atoms with E-state index in [0.29, 0.717) is 35.9 Å². The monoisotopic (exact) mass is 549 g/mol. The van der Waals surface area contributed by atoms with Gasteiger partial charge in [0.05, 0.1) is 0 Å². The summed E-state index contributed by atoms with van der Waals surface area (Å²) in [7, 11) is 0. The summed E-state index contributed by atoms with van der Waals surface area (Å²) < 4.78 is 0. The van der Waals surface area contributed by atoms with Crippen LogP contribution in [0.25, 0.3) is 0 Å². The van der Waals surface area contributed by atoms with E-state index in [-0.39, 0.29) is 0 Å². The molecule has 0 saturated heterocycles. The van der Waals surface area contributed by atoms with Gasteiger partial charge < -0.3 is 0 Å². The summed E-state index contributed by atoms with van der Waals surface area (Å²) in [6.07, 6.45) is 3.91. The van der Waals surface area contributed by atoms with E-state index in [1.807, 2.05) is 33.4 Å². The molecule has 0 unspecified atom stereocenters. The highest BCUT2D eigenvalue weighted by molar-refractivity contribution is 5.67. The Balaban J connectivity index is 1.11. The molecule has 0 amide bonds. The lowest BCUT2D eigenvalue weighted by molar-refractivity contribution is 0.132. The number of rotatable bonds is 6. The SMILES string of the molecule is c1ccc(CN2C[C@H]3C[C@@H]4c5c3c3c6c7c5[C@H](C[C@H]7N(Cc5ccccc5)C[C@H]6C[C@H]32)CN4Cc2ccccc2)cc1. The normalized spacial score (nSPS) is 30.3. The van der Waals surface area contributed by atoms with E-state index >= 15 is 0 Å². The third kappa shape index (κ3) is 3.45. The first kappa shape index (κ1) is 24.2. The number of nitrogens with zero attached hydrogens (tertiary/aromatic N) is 3. The third-order valence-corrected chi connectivity index (χ3v) is 11.9. The standard InChI is InChI=1S/C39H39N3/c1-4-10-25(11-5-1)19-40-22-28-17-32-38-34(28)37-31(40)16-29-23-41(20-26-12-6-2-7-13-26)33-18-30(36(38)39(33)35(29)37)24-42(32)21-27-14-8-3-9-15-27/h1-15,28-33H,16-24H2/t28-,29-,30-,31-,32-,33-/m1/s1. The van der Waals surface area contributed by atoms with Gasteiger partial charge in [-0.05, 0) is 87.1 Å². The van der Waals surface area contributed by atoms with Crippen LogP contribution in [0.3, 0.4) is 0 Å². The quantitative estimate of drug-likeness (QED) is 0.243. The second-order valence-corrected chi connectivity index (χ2v) is 14.1. The van der Waals surface area contributed by atoms with Gasteiger partial charge in [-0.1, -0.05) is 91.0 Å². The van der Waals surface area contributed by atoms with Crippen molar-refractivity contribution in [2.75, 3.05) is 19.6 Å². The molecule has 10 rings (SSSR count). The first-order chi connectivity index (χ1) is 20.8. The summed E-state index contributed by atoms with van der Waals surface area (Å²) in [5.41, 5.74) is 15.4. The lowest BCUT2D eigenvalue weighted by Crippen LogP contribution is -2.36. The fourth-order valence-electron chi connectivity index (χ4n) is 10.5. The Labute approximate surface area is 249 Å². The van der Waals surface area contributed by atoms with Gasteiger partial charge in [-0.15, -0.1) is 0 Å². The third-order valence-electron chi connectivity index (χ3n) is 11.9. The molecule has 0 aromatic heterocycles. The molecule has 0 radical (unpaired) electrons. The van der Waals surface area contributed by atoms with Gasteiger partial charge in [0.2, 0.25) is 0 Å². The lowest BCUT2D eigenvalue weighted by atomic mass is 9.78. The van der Waals surface area contributed by atoms with Crippen LogP contribution < -0.4 is 0 Å². The van der Waals surface area contributed by atoms with E-state index < -0.39 is 0 Å². The highest BCUT2D eigenvalue weighted by Gasteiger charge is 2.57. The second-order valence-electron chi connectivity index (χ2n) is 14.1. The van der Waals surface area contributed by atoms with Crippen molar-refractivity contribution < 1.29 is 0 Å². The topological polar surface area (TPSA) is 9.72 Å². The van der Waals surface area contributed by atoms with Crippen molar-refractivity contribution >= 4 is 0 Å². The minimum Gasteiger partial charge on any atom is -0.291 e. The van der Waals surface area contributed by atoms with Gasteiger partial charge >= 0.3 is 0 Å². The largest absolute Gasteiger partial charge is 0.291 e. The highest BCUT2D eigenvalue weighted by Crippen LogP contribution is 2.67. The first-order valence-corrected chi connectivity index (χ1v) is 16.4. The van der Waals surface area contributed by atoms with Gasteiger partial charge in [0.1, 0.15) is 0 Å². The minimum absolute atomic E-state index is 0.581. The summed E-state index contributed by atoms with van der Waals surface area (Å²) in [5, 5.41) is 0. The van der Waals surface area contributed by atoms with E-state index in [4.69, 9.17) is 0 Å². The first-order valence-electron chi connectivity index (χ1n) is 16.4. The van der Waals surface area contributed by atoms with Crippen molar-refractivity contribution in [1.82, 2.24) is 14.7 Å². The molecule has 3 heterocycles. The van der Waals surface area contributed by atoms with E-state index in [0.717, 1.165) is 19.6 Å². The number of benzene rings is 4. The van der Waals surface area contributed by atoms with Gasteiger partial charge in [-0.25, -0.2) is 0 Å². The van der Waals surface area contributed by atoms with Crippen LogP contribution in [0.1, 0.15) is 105 Å². The van der Waals surface area contributed by atoms with Gasteiger partial charge in [-0.2, -0.15) is 0 Å². The smallest absolute Gasteiger partial charge is 0.0364 e. The number of hydrogen-bond donors (Lipinski definition) is 0. The Bertz CT molecular complexity index is 1440. The van der Waals surface area contributed by atoms with Crippen LogP contribution in [0.15, 0.2) is 91.0 Å². The van der Waals surface area contributed by atoms with Gasteiger partial charge in [-0.3, -0.25) is 14.7 Å². The van der Waals surface area contributed by atoms with Crippen molar-refractivity contribution in [2.45, 2.75) is 74.8 Å². The maximum Gasteiger partial charge on any atom is 0.0364 e. The van der Waals surface area contributed by atoms with Crippen LogP contribution in [-0.4, -0.2) is 34.3 Å². The Kier molecular flexibility index (Phi) is 5.27. The van der Waals surface area contributed by atoms with Crippen molar-refractivity contribution in [3.05, 3.63) is 141 Å². The molecule has 0 N–H and O–H groups in total. The predicted molar refractivity (Wildman–Crippen MR) is 167 cm³/mol. The molecule has 3 aliphatic carbocycles. The summed E-state index contributed by atoms with van der Waals surface area (Å²) >= 11 is 0. The lowest BCUT2D eigenvalue weighted by Gasteiger charge is -2.41. The Morgan fingerprint density at radius 2 is 0.667 bits per heavy atom. The van der Waals surface area contributed by atoms with E-state index in [1.165, 1.54) is 55.6 Å². The average Bonchev–Trinajstić information content (AvgIpc) is 3.70. The Morgan fingerprint density at radius 3 is 0.952 bits per heavy atom. The zero-order chi connectivity index (χ0) is 27.4. The maximum absolute atomic E-state index is 2.90. The molecule has 0 bridgehead atoms. The van der Waals surface area contributed by atoms with Crippen molar-refractivity contribution in [3.63, 3.8) is 0 Å². The van der Waals surface area contributed by atoms with Crippen LogP contribution in [0.2, 0.25) is 0 Å². The molecule has 0 spiro atoms. The summed E-state index contributed by atoms with van der Waals surface area (Å²) in [6, 6.07) is 35.6. The maximum atomic E-state index is 2.90. The fourth-order valence-corrected chi connectivity index (χ4v) is 10.5. The predicted octanol–water partition coefficient (Wildman–Crippen LogP) is 7.82.